The van der Waals surface area contributed by atoms with Crippen LogP contribution in [0, 0.1) is 0 Å². The number of carbonyl (C=O) groups excluding carboxylic acids is 5. The van der Waals surface area contributed by atoms with Crippen molar-refractivity contribution in [2.45, 2.75) is 342 Å². The summed E-state index contributed by atoms with van der Waals surface area (Å²) < 4.78 is 109. The summed E-state index contributed by atoms with van der Waals surface area (Å²) in [6.07, 6.45) is -95.6. The van der Waals surface area contributed by atoms with Crippen molar-refractivity contribution in [3.05, 3.63) is 0 Å². The molecule has 0 aliphatic carbocycles. The van der Waals surface area contributed by atoms with E-state index in [4.69, 9.17) is 85.3 Å². The zero-order valence-corrected chi connectivity index (χ0v) is 67.8. The lowest BCUT2D eigenvalue weighted by atomic mass is 9.93. The molecule has 0 spiro atoms. The van der Waals surface area contributed by atoms with Crippen molar-refractivity contribution in [3.63, 3.8) is 0 Å². The Labute approximate surface area is 709 Å². The maximum absolute atomic E-state index is 13.4. The molecule has 9 aliphatic heterocycles. The fraction of sp³-hybridized carbons (Fsp3) is 0.929. The summed E-state index contributed by atoms with van der Waals surface area (Å²) in [6, 6.07) is -9.87. The number of hydrogen-bond donors (Lipinski definition) is 32. The van der Waals surface area contributed by atoms with Crippen LogP contribution in [0.1, 0.15) is 41.5 Å². The number of carbonyl (C=O) groups is 5. The highest BCUT2D eigenvalue weighted by Gasteiger charge is 2.62. The average molecular weight is 1830 g/mol. The zero-order valence-electron chi connectivity index (χ0n) is 67.8. The SMILES string of the molecule is CC(=O)N[C@H]1[C@H](O[C@@H]([C@H](O)[C@H](CO)NC(C)=O)[C@H](O)CO[C@@H]2O[C@@H](C)[C@@H](O)[C@@H](O)[C@@H]2O)O[C@H](CO)[C@@H](O[C@H]2O[C@H](CO[C@H]3O[C@H](CO)[C@@H](O)[C@H](O)[C@@H]3O[C@@H]3O[C@H](CO)[C@@H](O)[C@H](O)[C@H]3NC(C)=O)[C@@H](O[C@@H]3O[C@H](CO)[C@@H](O)[C@H](O)[C@H]3NC(C)=O)[C@H](O[C@H]3O[C@H](CO)[C@@H](O)[C@H](O)[C@@H]3O[C@@H]3O[C@H](CO)[C@@H](O[C@@H]4O[C@H](CO)[C@H](O)[C@H](O)[C@H]4O)[C@H](O)[C@H]3NC(C)=O)[C@@H]2O)[C@@H]1O. The predicted octanol–water partition coefficient (Wildman–Crippen LogP) is -21.4. The molecule has 125 heavy (non-hydrogen) atoms. The fourth-order valence-corrected chi connectivity index (χ4v) is 15.8. The van der Waals surface area contributed by atoms with Crippen LogP contribution >= 0.6 is 0 Å². The summed E-state index contributed by atoms with van der Waals surface area (Å²) in [7, 11) is 0. The Kier molecular flexibility index (Phi) is 38.6. The molecule has 0 aromatic carbocycles. The zero-order chi connectivity index (χ0) is 92.5. The number of amides is 5. The van der Waals surface area contributed by atoms with Gasteiger partial charge in [0.2, 0.25) is 29.5 Å². The predicted molar refractivity (Wildman–Crippen MR) is 388 cm³/mol. The van der Waals surface area contributed by atoms with Crippen molar-refractivity contribution >= 4 is 29.5 Å². The lowest BCUT2D eigenvalue weighted by Crippen LogP contribution is -2.71. The Morgan fingerprint density at radius 1 is 0.296 bits per heavy atom. The lowest BCUT2D eigenvalue weighted by molar-refractivity contribution is -0.408. The van der Waals surface area contributed by atoms with Crippen LogP contribution in [-0.4, -0.2) is 534 Å². The minimum Gasteiger partial charge on any atom is -0.394 e. The van der Waals surface area contributed by atoms with E-state index in [2.05, 4.69) is 26.6 Å². The number of ether oxygens (including phenoxy) is 18. The molecule has 9 fully saturated rings. The fourth-order valence-electron chi connectivity index (χ4n) is 15.8. The largest absolute Gasteiger partial charge is 0.394 e. The lowest BCUT2D eigenvalue weighted by Gasteiger charge is -2.52. The summed E-state index contributed by atoms with van der Waals surface area (Å²) in [5.41, 5.74) is 0. The number of nitrogens with one attached hydrogen (secondary N) is 5. The highest BCUT2D eigenvalue weighted by Crippen LogP contribution is 2.41. The van der Waals surface area contributed by atoms with Crippen molar-refractivity contribution < 1.29 is 247 Å². The first-order chi connectivity index (χ1) is 59.0. The summed E-state index contributed by atoms with van der Waals surface area (Å²) in [6.45, 7) is -5.96. The summed E-state index contributed by atoms with van der Waals surface area (Å²) in [5.74, 6) is -4.88. The smallest absolute Gasteiger partial charge is 0.217 e. The standard InChI is InChI=1S/C70H119N5O50/c1-17-37(90)48(101)52(105)66(110-17)108-15-24(89)55(38(91)23(7-76)71-18(2)84)119-64-35(74-21(5)87)46(99)57(31(14-83)116-64)121-68-54(107)59(123-70-61(51(104)43(96)29(12-81)115-70)125-65-36(75-22(6)88)47(100)56(30(13-82)117-65)120-67-53(106)49(102)41(94)27(10-79)113-67)58(122-62-33(72-19(3)85)44(97)39(92)25(8-77)111-62)32(118-68)16-109-69-60(50(103)42(95)28(11-80)114-69)124-63-34(73-20(4)86)45(98)40(93)26(9-78)112-63/h17,23-70,76-83,89-107H,7-16H2,1-6H3,(H,71,84)(H,72,85)(H,73,86)(H,74,87)(H,75,88)/t17-,23-,24+,25+,26+,27+,28+,29+,30+,31+,32+,33+,34+,35+,36+,37+,38+,39+,40+,41-,42+,43+,44+,45+,46+,47+,48+,49-,50-,51-,52-,53+,54-,55+,56+,57+,58+,59+,60-,61-,62-,63-,64-,65-,66+,67-,68+,69-,70+/m0/s1. The second-order valence-electron chi connectivity index (χ2n) is 31.5. The van der Waals surface area contributed by atoms with Gasteiger partial charge in [-0.15, -0.1) is 0 Å². The van der Waals surface area contributed by atoms with Gasteiger partial charge >= 0.3 is 0 Å². The van der Waals surface area contributed by atoms with Crippen LogP contribution in [0.15, 0.2) is 0 Å². The van der Waals surface area contributed by atoms with Crippen LogP contribution in [0.5, 0.6) is 0 Å². The van der Waals surface area contributed by atoms with Crippen molar-refractivity contribution in [1.29, 1.82) is 0 Å². The molecular formula is C70H119N5O50. The molecule has 9 saturated heterocycles. The molecule has 55 nitrogen and oxygen atoms in total. The normalized spacial score (nSPS) is 46.1. The van der Waals surface area contributed by atoms with Gasteiger partial charge in [0.1, 0.15) is 232 Å². The summed E-state index contributed by atoms with van der Waals surface area (Å²) >= 11 is 0. The van der Waals surface area contributed by atoms with Gasteiger partial charge in [-0.1, -0.05) is 0 Å². The van der Waals surface area contributed by atoms with Gasteiger partial charge in [-0.25, -0.2) is 0 Å². The minimum atomic E-state index is -2.80. The van der Waals surface area contributed by atoms with Crippen molar-refractivity contribution in [1.82, 2.24) is 26.6 Å². The Bertz CT molecular complexity index is 3370. The third kappa shape index (κ3) is 24.1. The number of rotatable bonds is 36. The molecule has 0 aromatic heterocycles. The van der Waals surface area contributed by atoms with E-state index in [9.17, 15) is 162 Å². The molecule has 0 aromatic rings. The maximum Gasteiger partial charge on any atom is 0.217 e. The van der Waals surface area contributed by atoms with E-state index in [1.165, 1.54) is 6.92 Å². The van der Waals surface area contributed by atoms with Crippen LogP contribution in [0.3, 0.4) is 0 Å². The molecule has 9 heterocycles. The van der Waals surface area contributed by atoms with Crippen molar-refractivity contribution in [2.24, 2.45) is 0 Å². The molecule has 0 bridgehead atoms. The summed E-state index contributed by atoms with van der Waals surface area (Å²) in [4.78, 5) is 64.8. The Hall–Kier alpha value is -4.45. The van der Waals surface area contributed by atoms with Gasteiger partial charge in [-0.3, -0.25) is 24.0 Å². The summed E-state index contributed by atoms with van der Waals surface area (Å²) in [5, 5.41) is 315. The molecule has 9 aliphatic rings. The van der Waals surface area contributed by atoms with Crippen LogP contribution in [0.4, 0.5) is 0 Å². The first kappa shape index (κ1) is 104. The van der Waals surface area contributed by atoms with Crippen LogP contribution in [0.2, 0.25) is 0 Å². The van der Waals surface area contributed by atoms with Gasteiger partial charge in [0.15, 0.2) is 56.6 Å². The van der Waals surface area contributed by atoms with E-state index in [1.54, 1.807) is 0 Å². The van der Waals surface area contributed by atoms with E-state index in [1.807, 2.05) is 0 Å². The van der Waals surface area contributed by atoms with E-state index in [0.29, 0.717) is 0 Å². The molecule has 32 N–H and O–H groups in total. The second kappa shape index (κ2) is 46.3. The first-order valence-corrected chi connectivity index (χ1v) is 39.9. The topological polar surface area (TPSA) is 858 Å². The Morgan fingerprint density at radius 3 is 1.06 bits per heavy atom. The van der Waals surface area contributed by atoms with Crippen molar-refractivity contribution in [2.75, 3.05) is 66.1 Å². The Morgan fingerprint density at radius 2 is 0.624 bits per heavy atom. The number of hydrogen-bond acceptors (Lipinski definition) is 50. The van der Waals surface area contributed by atoms with E-state index >= 15 is 0 Å². The second-order valence-corrected chi connectivity index (χ2v) is 31.5. The highest BCUT2D eigenvalue weighted by atomic mass is 16.8. The molecule has 0 radical (unpaired) electrons. The monoisotopic (exact) mass is 1830 g/mol. The van der Waals surface area contributed by atoms with Gasteiger partial charge in [-0.05, 0) is 6.92 Å². The number of aliphatic hydroxyl groups excluding tert-OH is 27. The molecule has 724 valence electrons. The maximum atomic E-state index is 13.4. The van der Waals surface area contributed by atoms with Gasteiger partial charge in [-0.2, -0.15) is 0 Å². The Balaban J connectivity index is 1.17. The van der Waals surface area contributed by atoms with Gasteiger partial charge in [0, 0.05) is 34.6 Å². The van der Waals surface area contributed by atoms with Crippen molar-refractivity contribution in [3.8, 4) is 0 Å². The minimum absolute atomic E-state index is 0.869. The van der Waals surface area contributed by atoms with Crippen LogP contribution in [0.25, 0.3) is 0 Å². The van der Waals surface area contributed by atoms with Gasteiger partial charge < -0.3 is 250 Å². The van der Waals surface area contributed by atoms with Crippen LogP contribution < -0.4 is 26.6 Å². The molecule has 0 unspecified atom stereocenters. The van der Waals surface area contributed by atoms with E-state index in [0.717, 1.165) is 34.6 Å². The quantitative estimate of drug-likeness (QED) is 0.0277. The van der Waals surface area contributed by atoms with Crippen LogP contribution in [-0.2, 0) is 109 Å². The molecule has 5 amide bonds. The van der Waals surface area contributed by atoms with Gasteiger partial charge in [0.25, 0.3) is 0 Å². The molecule has 55 heteroatoms. The highest BCUT2D eigenvalue weighted by molar-refractivity contribution is 5.75. The van der Waals surface area contributed by atoms with Gasteiger partial charge in [0.05, 0.1) is 78.2 Å². The molecule has 49 atom stereocenters. The third-order valence-electron chi connectivity index (χ3n) is 22.5. The average Bonchev–Trinajstić information content (AvgIpc) is 0.751. The molecule has 0 saturated carbocycles. The molecule has 9 rings (SSSR count). The van der Waals surface area contributed by atoms with E-state index in [-0.39, 0.29) is 0 Å². The van der Waals surface area contributed by atoms with E-state index < -0.39 is 396 Å². The third-order valence-corrected chi connectivity index (χ3v) is 22.5. The number of aliphatic hydroxyl groups is 27. The first-order valence-electron chi connectivity index (χ1n) is 39.9. The molecular weight excluding hydrogens is 1710 g/mol.